The third-order valence-corrected chi connectivity index (χ3v) is 6.90. The number of hydrogen-bond donors (Lipinski definition) is 0. The van der Waals surface area contributed by atoms with Crippen molar-refractivity contribution in [3.63, 3.8) is 0 Å². The van der Waals surface area contributed by atoms with Gasteiger partial charge in [-0.05, 0) is 58.9 Å². The Morgan fingerprint density at radius 2 is 1.62 bits per heavy atom. The molecule has 2 aromatic heterocycles. The summed E-state index contributed by atoms with van der Waals surface area (Å²) < 4.78 is 7.74. The van der Waals surface area contributed by atoms with E-state index in [0.29, 0.717) is 46.5 Å². The zero-order valence-electron chi connectivity index (χ0n) is 20.3. The van der Waals surface area contributed by atoms with E-state index >= 15 is 0 Å². The zero-order chi connectivity index (χ0) is 24.2. The number of nitrogens with zero attached hydrogens (tertiary/aromatic N) is 5. The minimum atomic E-state index is -0.171. The summed E-state index contributed by atoms with van der Waals surface area (Å²) in [5.41, 5.74) is 1.54. The molecule has 34 heavy (non-hydrogen) atoms. The summed E-state index contributed by atoms with van der Waals surface area (Å²) in [6.07, 6.45) is 0. The molecule has 0 amide bonds. The summed E-state index contributed by atoms with van der Waals surface area (Å²) in [4.78, 5) is 20.7. The summed E-state index contributed by atoms with van der Waals surface area (Å²) >= 11 is 1.47. The Kier molecular flexibility index (Phi) is 7.48. The minimum Gasteiger partial charge on any atom is -0.419 e. The number of thioether (sulfide) groups is 1. The van der Waals surface area contributed by atoms with Crippen LogP contribution in [0.3, 0.4) is 0 Å². The fourth-order valence-electron chi connectivity index (χ4n) is 4.07. The molecular formula is C26H31N5O2S. The number of hydrogen-bond acceptors (Lipinski definition) is 7. The van der Waals surface area contributed by atoms with Crippen LogP contribution in [0, 0.1) is 0 Å². The van der Waals surface area contributed by atoms with Gasteiger partial charge in [-0.25, -0.2) is 4.98 Å². The second-order valence-corrected chi connectivity index (χ2v) is 10.2. The van der Waals surface area contributed by atoms with Crippen LogP contribution in [0.4, 0.5) is 0 Å². The molecule has 2 aromatic carbocycles. The molecule has 178 valence electrons. The minimum absolute atomic E-state index is 0.0248. The Hall–Kier alpha value is -2.97. The van der Waals surface area contributed by atoms with Crippen LogP contribution in [-0.4, -0.2) is 43.3 Å². The quantitative estimate of drug-likeness (QED) is 0.235. The molecule has 0 radical (unpaired) electrons. The monoisotopic (exact) mass is 477 g/mol. The maximum Gasteiger partial charge on any atom is 0.262 e. The van der Waals surface area contributed by atoms with Gasteiger partial charge in [-0.1, -0.05) is 42.1 Å². The van der Waals surface area contributed by atoms with Crippen LogP contribution in [0.5, 0.6) is 0 Å². The molecule has 0 N–H and O–H groups in total. The number of rotatable bonds is 9. The Morgan fingerprint density at radius 3 is 2.32 bits per heavy atom. The van der Waals surface area contributed by atoms with Crippen molar-refractivity contribution in [1.29, 1.82) is 0 Å². The molecule has 4 aromatic rings. The highest BCUT2D eigenvalue weighted by molar-refractivity contribution is 7.99. The smallest absolute Gasteiger partial charge is 0.262 e. The van der Waals surface area contributed by atoms with Gasteiger partial charge in [0.25, 0.3) is 5.56 Å². The first-order valence-corrected chi connectivity index (χ1v) is 12.5. The van der Waals surface area contributed by atoms with E-state index < -0.39 is 0 Å². The third kappa shape index (κ3) is 5.23. The lowest BCUT2D eigenvalue weighted by atomic mass is 10.2. The summed E-state index contributed by atoms with van der Waals surface area (Å²) in [6, 6.07) is 18.0. The summed E-state index contributed by atoms with van der Waals surface area (Å²) in [5.74, 6) is 0.986. The lowest BCUT2D eigenvalue weighted by molar-refractivity contribution is 0.166. The van der Waals surface area contributed by atoms with Gasteiger partial charge in [0.15, 0.2) is 5.16 Å². The zero-order valence-corrected chi connectivity index (χ0v) is 21.1. The van der Waals surface area contributed by atoms with E-state index in [9.17, 15) is 4.79 Å². The highest BCUT2D eigenvalue weighted by Gasteiger charge is 2.21. The van der Waals surface area contributed by atoms with Crippen LogP contribution >= 0.6 is 11.8 Å². The van der Waals surface area contributed by atoms with Crippen molar-refractivity contribution in [1.82, 2.24) is 24.6 Å². The van der Waals surface area contributed by atoms with Crippen LogP contribution in [0.25, 0.3) is 22.4 Å². The fourth-order valence-corrected chi connectivity index (χ4v) is 5.03. The van der Waals surface area contributed by atoms with Gasteiger partial charge >= 0.3 is 0 Å². The summed E-state index contributed by atoms with van der Waals surface area (Å²) in [6.45, 7) is 12.0. The second kappa shape index (κ2) is 10.5. The Balaban J connectivity index is 1.65. The van der Waals surface area contributed by atoms with Crippen molar-refractivity contribution in [3.05, 3.63) is 70.8 Å². The van der Waals surface area contributed by atoms with Gasteiger partial charge in [-0.2, -0.15) is 0 Å². The molecule has 0 aliphatic carbocycles. The lowest BCUT2D eigenvalue weighted by Crippen LogP contribution is -2.40. The number of benzene rings is 2. The van der Waals surface area contributed by atoms with Crippen LogP contribution in [0.1, 0.15) is 45.8 Å². The Labute approximate surface area is 204 Å². The molecule has 7 nitrogen and oxygen atoms in total. The van der Waals surface area contributed by atoms with Crippen molar-refractivity contribution in [2.45, 2.75) is 63.7 Å². The highest BCUT2D eigenvalue weighted by atomic mass is 32.2. The van der Waals surface area contributed by atoms with E-state index in [0.717, 1.165) is 12.1 Å². The van der Waals surface area contributed by atoms with Gasteiger partial charge in [0, 0.05) is 30.7 Å². The van der Waals surface area contributed by atoms with Crippen molar-refractivity contribution < 1.29 is 4.42 Å². The standard InChI is InChI=1S/C26H31N5O2S/c1-17(2)30(18(3)4)15-16-31-25(32)21-13-9-10-14-22(21)27-26(31)34-19(5)23-28-29-24(33-23)20-11-7-6-8-12-20/h6-14,17-19H,15-16H2,1-5H3. The molecule has 0 fully saturated rings. The van der Waals surface area contributed by atoms with Gasteiger partial charge in [0.05, 0.1) is 16.2 Å². The molecule has 8 heteroatoms. The first kappa shape index (κ1) is 24.2. The normalized spacial score (nSPS) is 12.8. The van der Waals surface area contributed by atoms with Crippen molar-refractivity contribution in [2.75, 3.05) is 6.54 Å². The molecule has 0 spiro atoms. The fraction of sp³-hybridized carbons (Fsp3) is 0.385. The molecule has 0 saturated heterocycles. The van der Waals surface area contributed by atoms with Gasteiger partial charge in [0.2, 0.25) is 11.8 Å². The largest absolute Gasteiger partial charge is 0.419 e. The highest BCUT2D eigenvalue weighted by Crippen LogP contribution is 2.34. The molecule has 0 aliphatic rings. The predicted octanol–water partition coefficient (Wildman–Crippen LogP) is 5.42. The molecule has 1 unspecified atom stereocenters. The van der Waals surface area contributed by atoms with Crippen molar-refractivity contribution in [3.8, 4) is 11.5 Å². The topological polar surface area (TPSA) is 77.1 Å². The predicted molar refractivity (Wildman–Crippen MR) is 137 cm³/mol. The SMILES string of the molecule is CC(Sc1nc2ccccc2c(=O)n1CCN(C(C)C)C(C)C)c1nnc(-c2ccccc2)o1. The van der Waals surface area contributed by atoms with Crippen LogP contribution in [0.15, 0.2) is 69.0 Å². The first-order valence-electron chi connectivity index (χ1n) is 11.7. The maximum atomic E-state index is 13.4. The van der Waals surface area contributed by atoms with Crippen molar-refractivity contribution >= 4 is 22.7 Å². The molecule has 2 heterocycles. The summed E-state index contributed by atoms with van der Waals surface area (Å²) in [5, 5.41) is 9.59. The average Bonchev–Trinajstić information content (AvgIpc) is 3.32. The van der Waals surface area contributed by atoms with E-state index in [1.807, 2.05) is 61.5 Å². The number of para-hydroxylation sites is 1. The van der Waals surface area contributed by atoms with E-state index in [4.69, 9.17) is 9.40 Å². The van der Waals surface area contributed by atoms with E-state index in [-0.39, 0.29) is 10.8 Å². The van der Waals surface area contributed by atoms with Gasteiger partial charge in [-0.15, -0.1) is 10.2 Å². The van der Waals surface area contributed by atoms with Gasteiger partial charge < -0.3 is 4.42 Å². The van der Waals surface area contributed by atoms with E-state index in [1.54, 1.807) is 4.57 Å². The Bertz CT molecular complexity index is 1290. The lowest BCUT2D eigenvalue weighted by Gasteiger charge is -2.31. The van der Waals surface area contributed by atoms with Crippen LogP contribution < -0.4 is 5.56 Å². The summed E-state index contributed by atoms with van der Waals surface area (Å²) in [7, 11) is 0. The van der Waals surface area contributed by atoms with Crippen molar-refractivity contribution in [2.24, 2.45) is 0 Å². The van der Waals surface area contributed by atoms with Crippen LogP contribution in [0.2, 0.25) is 0 Å². The number of aromatic nitrogens is 4. The molecule has 0 bridgehead atoms. The third-order valence-electron chi connectivity index (χ3n) is 5.83. The average molecular weight is 478 g/mol. The molecular weight excluding hydrogens is 446 g/mol. The van der Waals surface area contributed by atoms with E-state index in [2.05, 4.69) is 42.8 Å². The van der Waals surface area contributed by atoms with Gasteiger partial charge in [0.1, 0.15) is 0 Å². The van der Waals surface area contributed by atoms with Crippen LogP contribution in [-0.2, 0) is 6.54 Å². The Morgan fingerprint density at radius 1 is 0.941 bits per heavy atom. The first-order chi connectivity index (χ1) is 16.3. The number of fused-ring (bicyclic) bond motifs is 1. The molecule has 4 rings (SSSR count). The van der Waals surface area contributed by atoms with E-state index in [1.165, 1.54) is 11.8 Å². The second-order valence-electron chi connectivity index (χ2n) is 8.87. The maximum absolute atomic E-state index is 13.4. The molecule has 0 aliphatic heterocycles. The molecule has 1 atom stereocenters. The van der Waals surface area contributed by atoms with Gasteiger partial charge in [-0.3, -0.25) is 14.3 Å². The molecule has 0 saturated carbocycles.